The van der Waals surface area contributed by atoms with Crippen LogP contribution in [-0.4, -0.2) is 47.8 Å². The van der Waals surface area contributed by atoms with Crippen LogP contribution >= 0.6 is 0 Å². The quantitative estimate of drug-likeness (QED) is 0.383. The molecule has 180 valence electrons. The van der Waals surface area contributed by atoms with E-state index in [1.165, 1.54) is 0 Å². The van der Waals surface area contributed by atoms with Gasteiger partial charge in [-0.25, -0.2) is 28.1 Å². The van der Waals surface area contributed by atoms with E-state index < -0.39 is 15.9 Å². The number of nitrogens with one attached hydrogen (secondary N) is 1. The molecule has 1 fully saturated rings. The highest BCUT2D eigenvalue weighted by molar-refractivity contribution is 7.91. The fraction of sp³-hybridized carbons (Fsp3) is 0.333. The third-order valence-corrected chi connectivity index (χ3v) is 8.54. The molecule has 4 aromatic heterocycles. The van der Waals surface area contributed by atoms with Crippen LogP contribution in [-0.2, 0) is 9.84 Å². The van der Waals surface area contributed by atoms with Gasteiger partial charge in [0, 0.05) is 17.6 Å². The largest absolute Gasteiger partial charge is 0.385 e. The molecule has 1 atom stereocenters. The van der Waals surface area contributed by atoms with Gasteiger partial charge in [0.2, 0.25) is 9.84 Å². The van der Waals surface area contributed by atoms with Crippen LogP contribution < -0.4 is 0 Å². The summed E-state index contributed by atoms with van der Waals surface area (Å²) >= 11 is 0. The molecule has 0 radical (unpaired) electrons. The summed E-state index contributed by atoms with van der Waals surface area (Å²) in [6.07, 6.45) is 7.62. The number of aliphatic hydroxyl groups is 1. The van der Waals surface area contributed by atoms with Crippen LogP contribution in [0.1, 0.15) is 56.6 Å². The molecule has 1 aromatic carbocycles. The third kappa shape index (κ3) is 3.53. The van der Waals surface area contributed by atoms with Crippen molar-refractivity contribution in [3.8, 4) is 0 Å². The topological polar surface area (TPSA) is 132 Å². The van der Waals surface area contributed by atoms with Crippen molar-refractivity contribution in [1.82, 2.24) is 34.3 Å². The Labute approximate surface area is 201 Å². The molecule has 0 amide bonds. The fourth-order valence-electron chi connectivity index (χ4n) is 5.21. The Kier molecular flexibility index (Phi) is 5.19. The summed E-state index contributed by atoms with van der Waals surface area (Å²) in [6.45, 7) is 1.66. The van der Waals surface area contributed by atoms with Gasteiger partial charge in [-0.2, -0.15) is 5.10 Å². The molecule has 4 heterocycles. The molecule has 0 aliphatic heterocycles. The number of rotatable bonds is 5. The minimum Gasteiger partial charge on any atom is -0.385 e. The fourth-order valence-corrected chi connectivity index (χ4v) is 6.55. The first-order chi connectivity index (χ1) is 16.9. The highest BCUT2D eigenvalue weighted by Gasteiger charge is 2.33. The van der Waals surface area contributed by atoms with E-state index in [9.17, 15) is 13.5 Å². The number of fused-ring (bicyclic) bond motifs is 3. The van der Waals surface area contributed by atoms with Crippen LogP contribution in [0.4, 0.5) is 0 Å². The molecular weight excluding hydrogens is 466 g/mol. The average molecular weight is 492 g/mol. The SMILES string of the molecule is C[C@@H](O)c1nc2c(S(=O)(=O)c3ccccc3)nc3[nH]ccc3c2n1C1CCC(n2cncn2)CC1. The Morgan fingerprint density at radius 2 is 1.80 bits per heavy atom. The summed E-state index contributed by atoms with van der Waals surface area (Å²) in [5, 5.41) is 15.7. The molecule has 6 rings (SSSR count). The average Bonchev–Trinajstić information content (AvgIpc) is 3.63. The van der Waals surface area contributed by atoms with Gasteiger partial charge in [0.1, 0.15) is 35.7 Å². The molecule has 2 N–H and O–H groups in total. The number of benzene rings is 1. The van der Waals surface area contributed by atoms with Crippen molar-refractivity contribution in [3.05, 3.63) is 61.1 Å². The second kappa shape index (κ2) is 8.28. The highest BCUT2D eigenvalue weighted by Crippen LogP contribution is 2.41. The van der Waals surface area contributed by atoms with Gasteiger partial charge in [0.15, 0.2) is 5.03 Å². The minimum atomic E-state index is -3.94. The lowest BCUT2D eigenvalue weighted by Crippen LogP contribution is -2.23. The molecule has 0 bridgehead atoms. The number of hydrogen-bond donors (Lipinski definition) is 2. The third-order valence-electron chi connectivity index (χ3n) is 6.86. The maximum Gasteiger partial charge on any atom is 0.226 e. The van der Waals surface area contributed by atoms with Crippen LogP contribution in [0.3, 0.4) is 0 Å². The van der Waals surface area contributed by atoms with Gasteiger partial charge >= 0.3 is 0 Å². The zero-order valence-electron chi connectivity index (χ0n) is 19.1. The van der Waals surface area contributed by atoms with Crippen LogP contribution in [0.25, 0.3) is 22.1 Å². The van der Waals surface area contributed by atoms with Crippen molar-refractivity contribution in [1.29, 1.82) is 0 Å². The molecule has 0 spiro atoms. The molecule has 11 heteroatoms. The lowest BCUT2D eigenvalue weighted by atomic mass is 9.90. The zero-order valence-corrected chi connectivity index (χ0v) is 19.9. The summed E-state index contributed by atoms with van der Waals surface area (Å²) in [4.78, 5) is 16.5. The van der Waals surface area contributed by atoms with Crippen molar-refractivity contribution in [3.63, 3.8) is 0 Å². The van der Waals surface area contributed by atoms with Gasteiger partial charge in [-0.3, -0.25) is 0 Å². The number of aromatic nitrogens is 7. The number of aliphatic hydroxyl groups excluding tert-OH is 1. The zero-order chi connectivity index (χ0) is 24.2. The number of H-pyrrole nitrogens is 1. The van der Waals surface area contributed by atoms with Crippen molar-refractivity contribution in [2.45, 2.75) is 60.7 Å². The summed E-state index contributed by atoms with van der Waals surface area (Å²) in [6, 6.07) is 10.5. The van der Waals surface area contributed by atoms with E-state index in [1.807, 2.05) is 15.3 Å². The van der Waals surface area contributed by atoms with E-state index in [0.717, 1.165) is 31.1 Å². The number of aromatic amines is 1. The smallest absolute Gasteiger partial charge is 0.226 e. The summed E-state index contributed by atoms with van der Waals surface area (Å²) in [5.74, 6) is 0.448. The number of nitrogens with zero attached hydrogens (tertiary/aromatic N) is 6. The monoisotopic (exact) mass is 491 g/mol. The Balaban J connectivity index is 1.54. The van der Waals surface area contributed by atoms with Crippen LogP contribution in [0.15, 0.2) is 65.2 Å². The van der Waals surface area contributed by atoms with E-state index in [-0.39, 0.29) is 27.5 Å². The Hall–Kier alpha value is -3.57. The molecule has 0 unspecified atom stereocenters. The molecule has 10 nitrogen and oxygen atoms in total. The van der Waals surface area contributed by atoms with Gasteiger partial charge in [0.05, 0.1) is 16.5 Å². The van der Waals surface area contributed by atoms with E-state index >= 15 is 0 Å². The Morgan fingerprint density at radius 3 is 2.49 bits per heavy atom. The predicted molar refractivity (Wildman–Crippen MR) is 128 cm³/mol. The van der Waals surface area contributed by atoms with Crippen molar-refractivity contribution in [2.24, 2.45) is 0 Å². The van der Waals surface area contributed by atoms with Crippen molar-refractivity contribution >= 4 is 31.9 Å². The lowest BCUT2D eigenvalue weighted by molar-refractivity contribution is 0.174. The van der Waals surface area contributed by atoms with E-state index in [2.05, 4.69) is 20.1 Å². The van der Waals surface area contributed by atoms with Crippen molar-refractivity contribution < 1.29 is 13.5 Å². The van der Waals surface area contributed by atoms with Crippen LogP contribution in [0.5, 0.6) is 0 Å². The summed E-state index contributed by atoms with van der Waals surface area (Å²) in [5.41, 5.74) is 1.45. The van der Waals surface area contributed by atoms with Gasteiger partial charge in [-0.15, -0.1) is 0 Å². The molecule has 1 aliphatic rings. The van der Waals surface area contributed by atoms with E-state index in [4.69, 9.17) is 4.98 Å². The summed E-state index contributed by atoms with van der Waals surface area (Å²) in [7, 11) is -3.94. The molecule has 1 saturated carbocycles. The van der Waals surface area contributed by atoms with Crippen LogP contribution in [0, 0.1) is 0 Å². The predicted octanol–water partition coefficient (Wildman–Crippen LogP) is 3.75. The maximum atomic E-state index is 13.7. The Bertz CT molecular complexity index is 1600. The molecule has 1 aliphatic carbocycles. The standard InChI is InChI=1S/C24H25N7O3S/c1-15(32)23-28-20-21(31(23)17-9-7-16(8-10-17)30-14-25-13-27-30)19-11-12-26-22(19)29-24(20)35(33,34)18-5-3-2-4-6-18/h2-6,11-17,32H,7-10H2,1H3,(H,26,29)/t15-,16?,17?/m1/s1. The first-order valence-electron chi connectivity index (χ1n) is 11.7. The minimum absolute atomic E-state index is 0.0529. The number of imidazole rings is 1. The first kappa shape index (κ1) is 21.9. The van der Waals surface area contributed by atoms with Gasteiger partial charge in [-0.1, -0.05) is 18.2 Å². The number of pyridine rings is 1. The van der Waals surface area contributed by atoms with Crippen LogP contribution in [0.2, 0.25) is 0 Å². The molecule has 0 saturated heterocycles. The highest BCUT2D eigenvalue weighted by atomic mass is 32.2. The molecule has 5 aromatic rings. The second-order valence-corrected chi connectivity index (χ2v) is 10.9. The first-order valence-corrected chi connectivity index (χ1v) is 13.1. The second-order valence-electron chi connectivity index (χ2n) is 9.02. The van der Waals surface area contributed by atoms with E-state index in [1.54, 1.807) is 56.1 Å². The van der Waals surface area contributed by atoms with Crippen molar-refractivity contribution in [2.75, 3.05) is 0 Å². The van der Waals surface area contributed by atoms with Gasteiger partial charge in [-0.05, 0) is 50.8 Å². The Morgan fingerprint density at radius 1 is 1.06 bits per heavy atom. The number of hydrogen-bond acceptors (Lipinski definition) is 7. The lowest BCUT2D eigenvalue weighted by Gasteiger charge is -2.31. The van der Waals surface area contributed by atoms with Gasteiger partial charge in [0.25, 0.3) is 0 Å². The van der Waals surface area contributed by atoms with E-state index in [0.29, 0.717) is 17.0 Å². The number of sulfone groups is 1. The normalized spacial score (nSPS) is 19.9. The summed E-state index contributed by atoms with van der Waals surface area (Å²) < 4.78 is 31.2. The molecule has 35 heavy (non-hydrogen) atoms. The maximum absolute atomic E-state index is 13.7. The van der Waals surface area contributed by atoms with Gasteiger partial charge < -0.3 is 14.7 Å². The molecular formula is C24H25N7O3S.